The molecule has 200 valence electrons. The van der Waals surface area contributed by atoms with Crippen LogP contribution in [0.1, 0.15) is 49.3 Å². The van der Waals surface area contributed by atoms with Crippen molar-refractivity contribution in [3.05, 3.63) is 28.8 Å². The van der Waals surface area contributed by atoms with Crippen LogP contribution in [0.5, 0.6) is 0 Å². The molecule has 1 aromatic rings. The zero-order chi connectivity index (χ0) is 26.2. The third kappa shape index (κ3) is 8.53. The fourth-order valence-corrected chi connectivity index (χ4v) is 6.14. The summed E-state index contributed by atoms with van der Waals surface area (Å²) in [7, 11) is 3.82. The number of aryl methyl sites for hydroxylation is 3. The predicted octanol–water partition coefficient (Wildman–Crippen LogP) is 2.85. The molecule has 0 bridgehead atoms. The minimum Gasteiger partial charge on any atom is -0.377 e. The topological polar surface area (TPSA) is 79.4 Å². The summed E-state index contributed by atoms with van der Waals surface area (Å²) >= 11 is 0. The van der Waals surface area contributed by atoms with Crippen LogP contribution in [0, 0.1) is 13.8 Å². The van der Waals surface area contributed by atoms with Crippen molar-refractivity contribution in [3.63, 3.8) is 0 Å². The molecule has 0 aromatic heterocycles. The van der Waals surface area contributed by atoms with Gasteiger partial charge in [-0.15, -0.1) is 0 Å². The van der Waals surface area contributed by atoms with Gasteiger partial charge in [-0.2, -0.15) is 4.31 Å². The summed E-state index contributed by atoms with van der Waals surface area (Å²) in [6.45, 7) is 7.66. The molecule has 1 amide bonds. The number of ether oxygens (including phenoxy) is 2. The van der Waals surface area contributed by atoms with E-state index in [1.165, 1.54) is 4.31 Å². The molecule has 1 fully saturated rings. The fraction of sp³-hybridized carbons (Fsp3) is 0.731. The van der Waals surface area contributed by atoms with Crippen LogP contribution in [0.25, 0.3) is 0 Å². The molecule has 1 aromatic carbocycles. The van der Waals surface area contributed by atoms with E-state index < -0.39 is 10.0 Å². The number of benzene rings is 1. The molecule has 0 saturated heterocycles. The van der Waals surface area contributed by atoms with Gasteiger partial charge in [0, 0.05) is 33.2 Å². The van der Waals surface area contributed by atoms with E-state index in [1.807, 2.05) is 47.1 Å². The van der Waals surface area contributed by atoms with Crippen molar-refractivity contribution in [2.75, 3.05) is 61.1 Å². The number of sulfonamides is 1. The smallest absolute Gasteiger partial charge is 0.248 e. The largest absolute Gasteiger partial charge is 0.377 e. The van der Waals surface area contributed by atoms with Gasteiger partial charge in [0.2, 0.25) is 15.9 Å². The van der Waals surface area contributed by atoms with Crippen LogP contribution in [-0.4, -0.2) is 102 Å². The average molecular weight is 512 g/mol. The van der Waals surface area contributed by atoms with Crippen LogP contribution in [-0.2, 0) is 30.7 Å². The standard InChI is InChI=1S/C26H45N3O5S/c1-8-22-17-20(2)26(21(3)18-22)35(31,32)28(6)14-15-33-19-25(30)29(7)23-9-11-24(12-10-23)34-16-13-27(4)5/h17-18,23-24H,8-16,19H2,1-7H3. The molecule has 0 unspecified atom stereocenters. The van der Waals surface area contributed by atoms with Gasteiger partial charge < -0.3 is 19.3 Å². The molecule has 9 heteroatoms. The van der Waals surface area contributed by atoms with Crippen LogP contribution < -0.4 is 0 Å². The first-order valence-electron chi connectivity index (χ1n) is 12.6. The number of carbonyl (C=O) groups excluding carboxylic acids is 1. The monoisotopic (exact) mass is 511 g/mol. The van der Waals surface area contributed by atoms with Gasteiger partial charge in [-0.1, -0.05) is 19.1 Å². The minimum absolute atomic E-state index is 0.0487. The Morgan fingerprint density at radius 1 is 0.971 bits per heavy atom. The molecule has 0 aliphatic heterocycles. The van der Waals surface area contributed by atoms with E-state index in [1.54, 1.807) is 11.9 Å². The van der Waals surface area contributed by atoms with Gasteiger partial charge in [0.1, 0.15) is 6.61 Å². The lowest BCUT2D eigenvalue weighted by atomic mass is 9.92. The van der Waals surface area contributed by atoms with Gasteiger partial charge in [-0.3, -0.25) is 4.79 Å². The lowest BCUT2D eigenvalue weighted by Gasteiger charge is -2.34. The molecule has 0 N–H and O–H groups in total. The number of hydrogen-bond donors (Lipinski definition) is 0. The maximum absolute atomic E-state index is 13.1. The minimum atomic E-state index is -3.63. The second-order valence-corrected chi connectivity index (χ2v) is 11.9. The Morgan fingerprint density at radius 3 is 2.11 bits per heavy atom. The SMILES string of the molecule is CCc1cc(C)c(S(=O)(=O)N(C)CCOCC(=O)N(C)C2CCC(OCCN(C)C)CC2)c(C)c1. The first-order valence-corrected chi connectivity index (χ1v) is 14.1. The van der Waals surface area contributed by atoms with Gasteiger partial charge in [-0.05, 0) is 76.7 Å². The third-order valence-corrected chi connectivity index (χ3v) is 9.01. The first kappa shape index (κ1) is 29.7. The fourth-order valence-electron chi connectivity index (χ4n) is 4.59. The van der Waals surface area contributed by atoms with Crippen LogP contribution in [0.2, 0.25) is 0 Å². The van der Waals surface area contributed by atoms with Crippen LogP contribution >= 0.6 is 0 Å². The Balaban J connectivity index is 1.76. The average Bonchev–Trinajstić information content (AvgIpc) is 2.80. The van der Waals surface area contributed by atoms with Crippen molar-refractivity contribution in [1.82, 2.24) is 14.1 Å². The highest BCUT2D eigenvalue weighted by atomic mass is 32.2. The Labute approximate surface area is 212 Å². The van der Waals surface area contributed by atoms with Crippen molar-refractivity contribution >= 4 is 15.9 Å². The molecule has 0 spiro atoms. The van der Waals surface area contributed by atoms with Crippen molar-refractivity contribution in [1.29, 1.82) is 0 Å². The summed E-state index contributed by atoms with van der Waals surface area (Å²) in [5, 5.41) is 0. The lowest BCUT2D eigenvalue weighted by molar-refractivity contribution is -0.138. The molecular formula is C26H45N3O5S. The van der Waals surface area contributed by atoms with E-state index in [4.69, 9.17) is 9.47 Å². The van der Waals surface area contributed by atoms with Crippen molar-refractivity contribution < 1.29 is 22.7 Å². The van der Waals surface area contributed by atoms with Crippen LogP contribution in [0.15, 0.2) is 17.0 Å². The van der Waals surface area contributed by atoms with E-state index in [0.717, 1.165) is 61.9 Å². The zero-order valence-corrected chi connectivity index (χ0v) is 23.5. The van der Waals surface area contributed by atoms with Crippen molar-refractivity contribution in [3.8, 4) is 0 Å². The van der Waals surface area contributed by atoms with E-state index >= 15 is 0 Å². The molecule has 1 saturated carbocycles. The lowest BCUT2D eigenvalue weighted by Crippen LogP contribution is -2.42. The summed E-state index contributed by atoms with van der Waals surface area (Å²) < 4.78 is 39.1. The summed E-state index contributed by atoms with van der Waals surface area (Å²) in [6, 6.07) is 4.06. The van der Waals surface area contributed by atoms with Gasteiger partial charge in [0.15, 0.2) is 0 Å². The summed E-state index contributed by atoms with van der Waals surface area (Å²) in [6.07, 6.45) is 4.89. The van der Waals surface area contributed by atoms with Crippen molar-refractivity contribution in [2.45, 2.75) is 69.9 Å². The Kier molecular flexibility index (Phi) is 11.6. The van der Waals surface area contributed by atoms with E-state index in [2.05, 4.69) is 11.8 Å². The number of nitrogens with zero attached hydrogens (tertiary/aromatic N) is 3. The molecule has 2 rings (SSSR count). The summed E-state index contributed by atoms with van der Waals surface area (Å²) in [5.74, 6) is -0.0747. The summed E-state index contributed by atoms with van der Waals surface area (Å²) in [4.78, 5) is 16.9. The van der Waals surface area contributed by atoms with E-state index in [0.29, 0.717) is 4.90 Å². The molecular weight excluding hydrogens is 466 g/mol. The molecule has 0 radical (unpaired) electrons. The molecule has 0 atom stereocenters. The molecule has 1 aliphatic rings. The summed E-state index contributed by atoms with van der Waals surface area (Å²) in [5.41, 5.74) is 2.63. The number of carbonyl (C=O) groups is 1. The Morgan fingerprint density at radius 2 is 1.57 bits per heavy atom. The maximum Gasteiger partial charge on any atom is 0.248 e. The highest BCUT2D eigenvalue weighted by molar-refractivity contribution is 7.89. The van der Waals surface area contributed by atoms with Gasteiger partial charge in [0.25, 0.3) is 0 Å². The number of likely N-dealkylation sites (N-methyl/N-ethyl adjacent to an activating group) is 3. The van der Waals surface area contributed by atoms with E-state index in [9.17, 15) is 13.2 Å². The number of hydrogen-bond acceptors (Lipinski definition) is 6. The molecule has 35 heavy (non-hydrogen) atoms. The second-order valence-electron chi connectivity index (χ2n) is 9.90. The molecule has 1 aliphatic carbocycles. The van der Waals surface area contributed by atoms with Crippen LogP contribution in [0.4, 0.5) is 0 Å². The third-order valence-electron chi connectivity index (χ3n) is 6.85. The van der Waals surface area contributed by atoms with Crippen LogP contribution in [0.3, 0.4) is 0 Å². The Hall–Kier alpha value is -1.52. The highest BCUT2D eigenvalue weighted by Crippen LogP contribution is 2.26. The van der Waals surface area contributed by atoms with Crippen molar-refractivity contribution in [2.24, 2.45) is 0 Å². The first-order chi connectivity index (χ1) is 16.5. The second kappa shape index (κ2) is 13.7. The molecule has 8 nitrogen and oxygen atoms in total. The highest BCUT2D eigenvalue weighted by Gasteiger charge is 2.28. The predicted molar refractivity (Wildman–Crippen MR) is 139 cm³/mol. The quantitative estimate of drug-likeness (QED) is 0.379. The zero-order valence-electron chi connectivity index (χ0n) is 22.7. The van der Waals surface area contributed by atoms with Gasteiger partial charge >= 0.3 is 0 Å². The molecule has 0 heterocycles. The van der Waals surface area contributed by atoms with Gasteiger partial charge in [-0.25, -0.2) is 8.42 Å². The number of rotatable bonds is 13. The Bertz CT molecular complexity index is 904. The van der Waals surface area contributed by atoms with E-state index in [-0.39, 0.29) is 37.8 Å². The van der Waals surface area contributed by atoms with Gasteiger partial charge in [0.05, 0.1) is 24.2 Å². The maximum atomic E-state index is 13.1. The number of amides is 1. The normalized spacial score (nSPS) is 18.9.